The molecule has 2 heterocycles. The molecule has 4 aromatic rings. The normalized spacial score (nSPS) is 11.0. The topological polar surface area (TPSA) is 72.2 Å². The first kappa shape index (κ1) is 19.9. The number of hydrogen-bond donors (Lipinski definition) is 1. The molecule has 150 valence electrons. The van der Waals surface area contributed by atoms with Crippen molar-refractivity contribution in [1.29, 1.82) is 0 Å². The summed E-state index contributed by atoms with van der Waals surface area (Å²) in [6, 6.07) is 17.6. The van der Waals surface area contributed by atoms with E-state index in [4.69, 9.17) is 11.6 Å². The summed E-state index contributed by atoms with van der Waals surface area (Å²) in [5.41, 5.74) is 3.20. The van der Waals surface area contributed by atoms with Crippen molar-refractivity contribution in [3.05, 3.63) is 87.3 Å². The van der Waals surface area contributed by atoms with Gasteiger partial charge in [0.2, 0.25) is 0 Å². The average molecular weight is 419 g/mol. The molecule has 0 aliphatic carbocycles. The van der Waals surface area contributed by atoms with Gasteiger partial charge < -0.3 is 5.11 Å². The lowest BCUT2D eigenvalue weighted by molar-refractivity contribution is 0.0697. The first-order valence-electron chi connectivity index (χ1n) is 9.55. The van der Waals surface area contributed by atoms with Gasteiger partial charge >= 0.3 is 5.97 Å². The number of hydrogen-bond acceptors (Lipinski definition) is 3. The third-order valence-electron chi connectivity index (χ3n) is 5.10. The molecule has 6 heteroatoms. The van der Waals surface area contributed by atoms with Crippen LogP contribution in [0.3, 0.4) is 0 Å². The second-order valence-electron chi connectivity index (χ2n) is 6.98. The van der Waals surface area contributed by atoms with Gasteiger partial charge in [-0.3, -0.25) is 9.36 Å². The lowest BCUT2D eigenvalue weighted by atomic mass is 9.90. The quantitative estimate of drug-likeness (QED) is 0.481. The summed E-state index contributed by atoms with van der Waals surface area (Å²) in [6.07, 6.45) is 0. The molecule has 0 aliphatic heterocycles. The van der Waals surface area contributed by atoms with Crippen LogP contribution < -0.4 is 5.56 Å². The highest BCUT2D eigenvalue weighted by molar-refractivity contribution is 6.31. The Hall–Kier alpha value is -3.44. The summed E-state index contributed by atoms with van der Waals surface area (Å²) in [5, 5.41) is 11.0. The molecule has 0 saturated carbocycles. The van der Waals surface area contributed by atoms with Crippen molar-refractivity contribution in [2.45, 2.75) is 20.4 Å². The van der Waals surface area contributed by atoms with E-state index in [0.717, 1.165) is 16.6 Å². The molecule has 2 aromatic carbocycles. The maximum Gasteiger partial charge on any atom is 0.336 e. The van der Waals surface area contributed by atoms with Crippen LogP contribution in [-0.4, -0.2) is 20.6 Å². The van der Waals surface area contributed by atoms with Gasteiger partial charge in [-0.15, -0.1) is 0 Å². The van der Waals surface area contributed by atoms with Gasteiger partial charge in [0, 0.05) is 33.8 Å². The molecule has 5 nitrogen and oxygen atoms in total. The molecule has 0 spiro atoms. The van der Waals surface area contributed by atoms with Gasteiger partial charge in [0.1, 0.15) is 5.65 Å². The van der Waals surface area contributed by atoms with Gasteiger partial charge in [0.25, 0.3) is 5.56 Å². The van der Waals surface area contributed by atoms with Crippen LogP contribution in [0.1, 0.15) is 23.0 Å². The van der Waals surface area contributed by atoms with E-state index >= 15 is 0 Å². The van der Waals surface area contributed by atoms with E-state index in [0.29, 0.717) is 33.9 Å². The highest BCUT2D eigenvalue weighted by Crippen LogP contribution is 2.37. The number of aryl methyl sites for hydroxylation is 2. The Morgan fingerprint density at radius 2 is 1.83 bits per heavy atom. The summed E-state index contributed by atoms with van der Waals surface area (Å²) in [6.45, 7) is 4.15. The lowest BCUT2D eigenvalue weighted by Gasteiger charge is -2.18. The number of fused-ring (bicyclic) bond motifs is 1. The Kier molecular flexibility index (Phi) is 5.14. The van der Waals surface area contributed by atoms with Crippen molar-refractivity contribution in [1.82, 2.24) is 9.55 Å². The highest BCUT2D eigenvalue weighted by Gasteiger charge is 2.23. The van der Waals surface area contributed by atoms with Crippen LogP contribution >= 0.6 is 11.6 Å². The number of aromatic carboxylic acids is 1. The largest absolute Gasteiger partial charge is 0.478 e. The Labute approximate surface area is 178 Å². The zero-order valence-electron chi connectivity index (χ0n) is 16.5. The fraction of sp³-hybridized carbons (Fsp3) is 0.125. The maximum absolute atomic E-state index is 13.7. The van der Waals surface area contributed by atoms with E-state index in [-0.39, 0.29) is 11.1 Å². The molecular weight excluding hydrogens is 400 g/mol. The highest BCUT2D eigenvalue weighted by atomic mass is 35.5. The fourth-order valence-corrected chi connectivity index (χ4v) is 3.98. The SMILES string of the molecule is CCn1c(=O)c(-c2ccccc2C(=O)O)c(-c2cccc(Cl)c2)c2ccc(C)nc21. The first-order valence-corrected chi connectivity index (χ1v) is 9.93. The molecule has 1 N–H and O–H groups in total. The Bertz CT molecular complexity index is 1360. The van der Waals surface area contributed by atoms with Crippen molar-refractivity contribution in [3.8, 4) is 22.3 Å². The minimum Gasteiger partial charge on any atom is -0.478 e. The Morgan fingerprint density at radius 1 is 1.07 bits per heavy atom. The molecule has 0 fully saturated rings. The molecule has 4 rings (SSSR count). The third-order valence-corrected chi connectivity index (χ3v) is 5.34. The van der Waals surface area contributed by atoms with Gasteiger partial charge in [-0.05, 0) is 49.7 Å². The van der Waals surface area contributed by atoms with Crippen LogP contribution in [0.2, 0.25) is 5.02 Å². The molecular formula is C24H19ClN2O3. The summed E-state index contributed by atoms with van der Waals surface area (Å²) < 4.78 is 1.59. The minimum absolute atomic E-state index is 0.0694. The molecule has 0 amide bonds. The number of nitrogens with zero attached hydrogens (tertiary/aromatic N) is 2. The predicted molar refractivity (Wildman–Crippen MR) is 119 cm³/mol. The number of pyridine rings is 2. The first-order chi connectivity index (χ1) is 14.4. The average Bonchev–Trinajstić information content (AvgIpc) is 2.73. The monoisotopic (exact) mass is 418 g/mol. The molecule has 2 aromatic heterocycles. The van der Waals surface area contributed by atoms with Crippen molar-refractivity contribution in [3.63, 3.8) is 0 Å². The van der Waals surface area contributed by atoms with Crippen LogP contribution in [0.4, 0.5) is 0 Å². The number of halogens is 1. The molecule has 0 unspecified atom stereocenters. The third kappa shape index (κ3) is 3.27. The van der Waals surface area contributed by atoms with Crippen LogP contribution in [0.15, 0.2) is 65.5 Å². The van der Waals surface area contributed by atoms with Crippen LogP contribution in [0.5, 0.6) is 0 Å². The number of carboxylic acids is 1. The number of carboxylic acid groups (broad SMARTS) is 1. The molecule has 0 saturated heterocycles. The molecule has 0 atom stereocenters. The van der Waals surface area contributed by atoms with E-state index in [1.807, 2.05) is 38.1 Å². The maximum atomic E-state index is 13.7. The summed E-state index contributed by atoms with van der Waals surface area (Å²) in [4.78, 5) is 30.2. The minimum atomic E-state index is -1.09. The van der Waals surface area contributed by atoms with Gasteiger partial charge in [-0.1, -0.05) is 41.9 Å². The van der Waals surface area contributed by atoms with E-state index in [9.17, 15) is 14.7 Å². The van der Waals surface area contributed by atoms with E-state index in [1.54, 1.807) is 34.9 Å². The Balaban J connectivity index is 2.27. The fourth-order valence-electron chi connectivity index (χ4n) is 3.79. The van der Waals surface area contributed by atoms with Crippen LogP contribution in [-0.2, 0) is 6.54 Å². The van der Waals surface area contributed by atoms with Gasteiger partial charge in [0.15, 0.2) is 0 Å². The van der Waals surface area contributed by atoms with Crippen LogP contribution in [0.25, 0.3) is 33.3 Å². The standard InChI is InChI=1S/C24H19ClN2O3/c1-3-27-22-19(12-11-14(2)26-22)20(15-7-6-8-16(25)13-15)21(23(27)28)17-9-4-5-10-18(17)24(29)30/h4-13H,3H2,1-2H3,(H,29,30). The van der Waals surface area contributed by atoms with E-state index < -0.39 is 5.97 Å². The number of rotatable bonds is 4. The summed E-state index contributed by atoms with van der Waals surface area (Å²) in [7, 11) is 0. The second-order valence-corrected chi connectivity index (χ2v) is 7.42. The number of benzene rings is 2. The summed E-state index contributed by atoms with van der Waals surface area (Å²) >= 11 is 6.26. The van der Waals surface area contributed by atoms with Crippen molar-refractivity contribution in [2.75, 3.05) is 0 Å². The van der Waals surface area contributed by atoms with E-state index in [1.165, 1.54) is 6.07 Å². The number of carbonyl (C=O) groups is 1. The predicted octanol–water partition coefficient (Wildman–Crippen LogP) is 5.41. The van der Waals surface area contributed by atoms with Crippen molar-refractivity contribution >= 4 is 28.6 Å². The molecule has 30 heavy (non-hydrogen) atoms. The molecule has 0 aliphatic rings. The van der Waals surface area contributed by atoms with Gasteiger partial charge in [0.05, 0.1) is 11.1 Å². The van der Waals surface area contributed by atoms with Gasteiger partial charge in [-0.25, -0.2) is 9.78 Å². The summed E-state index contributed by atoms with van der Waals surface area (Å²) in [5.74, 6) is -1.09. The number of aromatic nitrogens is 2. The second kappa shape index (κ2) is 7.76. The zero-order valence-corrected chi connectivity index (χ0v) is 17.3. The van der Waals surface area contributed by atoms with Crippen molar-refractivity contribution in [2.24, 2.45) is 0 Å². The van der Waals surface area contributed by atoms with E-state index in [2.05, 4.69) is 4.98 Å². The van der Waals surface area contributed by atoms with Crippen molar-refractivity contribution < 1.29 is 9.90 Å². The molecule has 0 radical (unpaired) electrons. The molecule has 0 bridgehead atoms. The zero-order chi connectivity index (χ0) is 21.4. The Morgan fingerprint density at radius 3 is 2.53 bits per heavy atom. The van der Waals surface area contributed by atoms with Crippen LogP contribution in [0, 0.1) is 6.92 Å². The van der Waals surface area contributed by atoms with Gasteiger partial charge in [-0.2, -0.15) is 0 Å². The smallest absolute Gasteiger partial charge is 0.336 e. The lowest BCUT2D eigenvalue weighted by Crippen LogP contribution is -2.24.